The number of halogens is 1. The van der Waals surface area contributed by atoms with Gasteiger partial charge in [-0.05, 0) is 18.2 Å². The highest BCUT2D eigenvalue weighted by atomic mass is 35.5. The van der Waals surface area contributed by atoms with Crippen LogP contribution in [0.4, 0.5) is 0 Å². The molecule has 0 bridgehead atoms. The van der Waals surface area contributed by atoms with Gasteiger partial charge in [0.25, 0.3) is 0 Å². The Bertz CT molecular complexity index is 473. The van der Waals surface area contributed by atoms with Gasteiger partial charge < -0.3 is 10.7 Å². The van der Waals surface area contributed by atoms with Crippen molar-refractivity contribution in [2.24, 2.45) is 5.73 Å². The average molecular weight is 207 g/mol. The van der Waals surface area contributed by atoms with Gasteiger partial charge in [0, 0.05) is 21.6 Å². The Morgan fingerprint density at radius 1 is 1.50 bits per heavy atom. The molecule has 2 rings (SSSR count). The van der Waals surface area contributed by atoms with Crippen LogP contribution >= 0.6 is 11.6 Å². The first-order valence-electron chi connectivity index (χ1n) is 4.37. The molecule has 0 radical (unpaired) electrons. The highest BCUT2D eigenvalue weighted by molar-refractivity contribution is 6.35. The summed E-state index contributed by atoms with van der Waals surface area (Å²) in [5.41, 5.74) is 7.75. The number of hydrogen-bond acceptors (Lipinski definition) is 1. The lowest BCUT2D eigenvalue weighted by molar-refractivity contribution is 0.880. The first kappa shape index (κ1) is 9.31. The fourth-order valence-corrected chi connectivity index (χ4v) is 1.68. The summed E-state index contributed by atoms with van der Waals surface area (Å²) in [5.74, 6) is 0. The van der Waals surface area contributed by atoms with E-state index < -0.39 is 0 Å². The van der Waals surface area contributed by atoms with Gasteiger partial charge in [-0.25, -0.2) is 0 Å². The SMILES string of the molecule is C=C[C@@H](N)c1cc2c(Cl)cccc2[nH]1. The number of H-pyrrole nitrogens is 1. The van der Waals surface area contributed by atoms with E-state index in [9.17, 15) is 0 Å². The summed E-state index contributed by atoms with van der Waals surface area (Å²) in [7, 11) is 0. The lowest BCUT2D eigenvalue weighted by Crippen LogP contribution is -2.06. The Morgan fingerprint density at radius 2 is 2.29 bits per heavy atom. The van der Waals surface area contributed by atoms with Crippen LogP contribution in [0, 0.1) is 0 Å². The van der Waals surface area contributed by atoms with Gasteiger partial charge in [0.05, 0.1) is 6.04 Å². The average Bonchev–Trinajstić information content (AvgIpc) is 2.62. The Balaban J connectivity index is 2.62. The molecule has 3 heteroatoms. The summed E-state index contributed by atoms with van der Waals surface area (Å²) in [4.78, 5) is 3.21. The molecule has 1 atom stereocenters. The fourth-order valence-electron chi connectivity index (χ4n) is 1.45. The minimum Gasteiger partial charge on any atom is -0.357 e. The zero-order valence-electron chi connectivity index (χ0n) is 7.63. The second kappa shape index (κ2) is 3.48. The Labute approximate surface area is 87.4 Å². The molecule has 3 N–H and O–H groups in total. The van der Waals surface area contributed by atoms with Crippen LogP contribution in [-0.2, 0) is 0 Å². The van der Waals surface area contributed by atoms with E-state index in [0.29, 0.717) is 0 Å². The molecule has 0 fully saturated rings. The van der Waals surface area contributed by atoms with Crippen molar-refractivity contribution in [1.29, 1.82) is 0 Å². The highest BCUT2D eigenvalue weighted by Gasteiger charge is 2.07. The Kier molecular flexibility index (Phi) is 2.32. The number of nitrogens with two attached hydrogens (primary N) is 1. The van der Waals surface area contributed by atoms with Gasteiger partial charge in [0.2, 0.25) is 0 Å². The van der Waals surface area contributed by atoms with Crippen LogP contribution in [0.2, 0.25) is 5.02 Å². The number of benzene rings is 1. The van der Waals surface area contributed by atoms with Crippen molar-refractivity contribution in [3.8, 4) is 0 Å². The van der Waals surface area contributed by atoms with Gasteiger partial charge in [-0.2, -0.15) is 0 Å². The van der Waals surface area contributed by atoms with E-state index in [1.807, 2.05) is 24.3 Å². The first-order chi connectivity index (χ1) is 6.72. The van der Waals surface area contributed by atoms with Gasteiger partial charge in [-0.15, -0.1) is 6.58 Å². The van der Waals surface area contributed by atoms with Gasteiger partial charge in [-0.3, -0.25) is 0 Å². The third-order valence-electron chi connectivity index (χ3n) is 2.24. The quantitative estimate of drug-likeness (QED) is 0.729. The number of hydrogen-bond donors (Lipinski definition) is 2. The molecule has 1 heterocycles. The topological polar surface area (TPSA) is 41.8 Å². The van der Waals surface area contributed by atoms with Crippen molar-refractivity contribution in [2.45, 2.75) is 6.04 Å². The van der Waals surface area contributed by atoms with Crippen LogP contribution in [0.5, 0.6) is 0 Å². The molecule has 0 saturated carbocycles. The van der Waals surface area contributed by atoms with E-state index in [1.165, 1.54) is 0 Å². The third-order valence-corrected chi connectivity index (χ3v) is 2.57. The molecule has 0 spiro atoms. The minimum absolute atomic E-state index is 0.168. The first-order valence-corrected chi connectivity index (χ1v) is 4.75. The van der Waals surface area contributed by atoms with E-state index in [0.717, 1.165) is 21.6 Å². The predicted octanol–water partition coefficient (Wildman–Crippen LogP) is 3.01. The maximum Gasteiger partial charge on any atom is 0.0631 e. The standard InChI is InChI=1S/C11H11ClN2/c1-2-9(13)11-6-7-8(12)4-3-5-10(7)14-11/h2-6,9,14H,1,13H2/t9-/m1/s1. The molecule has 1 aromatic carbocycles. The molecule has 0 aliphatic carbocycles. The second-order valence-corrected chi connectivity index (χ2v) is 3.59. The molecule has 2 aromatic rings. The maximum absolute atomic E-state index is 6.03. The molecule has 0 unspecified atom stereocenters. The van der Waals surface area contributed by atoms with Crippen molar-refractivity contribution < 1.29 is 0 Å². The highest BCUT2D eigenvalue weighted by Crippen LogP contribution is 2.25. The maximum atomic E-state index is 6.03. The summed E-state index contributed by atoms with van der Waals surface area (Å²) in [5, 5.41) is 1.74. The molecular formula is C11H11ClN2. The van der Waals surface area contributed by atoms with Crippen LogP contribution < -0.4 is 5.73 Å². The summed E-state index contributed by atoms with van der Waals surface area (Å²) >= 11 is 6.03. The van der Waals surface area contributed by atoms with Crippen molar-refractivity contribution in [2.75, 3.05) is 0 Å². The zero-order valence-corrected chi connectivity index (χ0v) is 8.38. The fraction of sp³-hybridized carbons (Fsp3) is 0.0909. The van der Waals surface area contributed by atoms with E-state index in [2.05, 4.69) is 11.6 Å². The van der Waals surface area contributed by atoms with Gasteiger partial charge >= 0.3 is 0 Å². The van der Waals surface area contributed by atoms with Crippen molar-refractivity contribution in [1.82, 2.24) is 4.98 Å². The van der Waals surface area contributed by atoms with E-state index in [1.54, 1.807) is 6.08 Å². The van der Waals surface area contributed by atoms with Crippen molar-refractivity contribution in [3.63, 3.8) is 0 Å². The number of aromatic amines is 1. The zero-order chi connectivity index (χ0) is 10.1. The van der Waals surface area contributed by atoms with E-state index in [4.69, 9.17) is 17.3 Å². The van der Waals surface area contributed by atoms with Gasteiger partial charge in [0.1, 0.15) is 0 Å². The van der Waals surface area contributed by atoms with Crippen molar-refractivity contribution >= 4 is 22.5 Å². The molecule has 0 amide bonds. The molecular weight excluding hydrogens is 196 g/mol. The lowest BCUT2D eigenvalue weighted by atomic mass is 10.2. The van der Waals surface area contributed by atoms with E-state index >= 15 is 0 Å². The largest absolute Gasteiger partial charge is 0.357 e. The summed E-state index contributed by atoms with van der Waals surface area (Å²) in [6.07, 6.45) is 1.69. The molecule has 2 nitrogen and oxygen atoms in total. The van der Waals surface area contributed by atoms with Crippen molar-refractivity contribution in [3.05, 3.63) is 47.6 Å². The second-order valence-electron chi connectivity index (χ2n) is 3.19. The molecule has 0 aliphatic rings. The van der Waals surface area contributed by atoms with Crippen LogP contribution in [-0.4, -0.2) is 4.98 Å². The number of rotatable bonds is 2. The summed E-state index contributed by atoms with van der Waals surface area (Å²) < 4.78 is 0. The molecule has 0 saturated heterocycles. The smallest absolute Gasteiger partial charge is 0.0631 e. The van der Waals surface area contributed by atoms with Crippen LogP contribution in [0.15, 0.2) is 36.9 Å². The number of aromatic nitrogens is 1. The number of nitrogens with one attached hydrogen (secondary N) is 1. The normalized spacial score (nSPS) is 13.0. The molecule has 14 heavy (non-hydrogen) atoms. The Morgan fingerprint density at radius 3 is 2.93 bits per heavy atom. The molecule has 1 aromatic heterocycles. The van der Waals surface area contributed by atoms with Crippen LogP contribution in [0.25, 0.3) is 10.9 Å². The Hall–Kier alpha value is -1.25. The van der Waals surface area contributed by atoms with E-state index in [-0.39, 0.29) is 6.04 Å². The predicted molar refractivity (Wildman–Crippen MR) is 60.4 cm³/mol. The molecule has 72 valence electrons. The lowest BCUT2D eigenvalue weighted by Gasteiger charge is -2.00. The third kappa shape index (κ3) is 1.43. The molecule has 0 aliphatic heterocycles. The van der Waals surface area contributed by atoms with Crippen LogP contribution in [0.1, 0.15) is 11.7 Å². The monoisotopic (exact) mass is 206 g/mol. The minimum atomic E-state index is -0.168. The van der Waals surface area contributed by atoms with Crippen LogP contribution in [0.3, 0.4) is 0 Å². The van der Waals surface area contributed by atoms with Gasteiger partial charge in [-0.1, -0.05) is 23.7 Å². The summed E-state index contributed by atoms with van der Waals surface area (Å²) in [6, 6.07) is 7.54. The summed E-state index contributed by atoms with van der Waals surface area (Å²) in [6.45, 7) is 3.65. The number of fused-ring (bicyclic) bond motifs is 1. The van der Waals surface area contributed by atoms with Gasteiger partial charge in [0.15, 0.2) is 0 Å².